The average Bonchev–Trinajstić information content (AvgIpc) is 2.16. The second-order valence-electron chi connectivity index (χ2n) is 4.19. The Hall–Kier alpha value is -1.05. The highest BCUT2D eigenvalue weighted by molar-refractivity contribution is 5.35. The molecule has 0 aliphatic carbocycles. The van der Waals surface area contributed by atoms with E-state index in [1.807, 2.05) is 0 Å². The molecule has 1 heterocycles. The Morgan fingerprint density at radius 2 is 2.21 bits per heavy atom. The molecule has 0 amide bonds. The van der Waals surface area contributed by atoms with E-state index in [4.69, 9.17) is 4.74 Å². The summed E-state index contributed by atoms with van der Waals surface area (Å²) in [5.74, 6) is 1.21. The summed E-state index contributed by atoms with van der Waals surface area (Å²) >= 11 is 0. The maximum atomic E-state index is 12.9. The van der Waals surface area contributed by atoms with Crippen molar-refractivity contribution >= 4 is 0 Å². The lowest BCUT2D eigenvalue weighted by atomic mass is 9.96. The molecule has 0 spiro atoms. The van der Waals surface area contributed by atoms with E-state index in [1.165, 1.54) is 6.07 Å². The van der Waals surface area contributed by atoms with Gasteiger partial charge < -0.3 is 4.74 Å². The Bertz CT molecular complexity index is 333. The number of hydrogen-bond donors (Lipinski definition) is 0. The van der Waals surface area contributed by atoms with Crippen molar-refractivity contribution in [2.75, 3.05) is 0 Å². The standard InChI is InChI=1S/C12H15FO/c1-8(2)11-5-3-9-7-10(13)4-6-12(9)14-11/h4,6-8,11H,3,5H2,1-2H3/t11-/m1/s1. The van der Waals surface area contributed by atoms with E-state index in [1.54, 1.807) is 12.1 Å². The lowest BCUT2D eigenvalue weighted by molar-refractivity contribution is 0.127. The minimum atomic E-state index is -0.171. The Labute approximate surface area is 83.9 Å². The van der Waals surface area contributed by atoms with Crippen LogP contribution in [-0.4, -0.2) is 6.10 Å². The lowest BCUT2D eigenvalue weighted by Crippen LogP contribution is -2.27. The molecule has 0 saturated heterocycles. The molecule has 1 aromatic carbocycles. The average molecular weight is 194 g/mol. The molecule has 0 radical (unpaired) electrons. The van der Waals surface area contributed by atoms with Crippen LogP contribution in [0.2, 0.25) is 0 Å². The molecule has 0 saturated carbocycles. The maximum absolute atomic E-state index is 12.9. The van der Waals surface area contributed by atoms with Crippen molar-refractivity contribution in [1.29, 1.82) is 0 Å². The normalized spacial score (nSPS) is 20.4. The van der Waals surface area contributed by atoms with Gasteiger partial charge in [0.15, 0.2) is 0 Å². The number of aryl methyl sites for hydroxylation is 1. The van der Waals surface area contributed by atoms with Gasteiger partial charge in [0.25, 0.3) is 0 Å². The highest BCUT2D eigenvalue weighted by Gasteiger charge is 2.22. The highest BCUT2D eigenvalue weighted by Crippen LogP contribution is 2.30. The number of benzene rings is 1. The van der Waals surface area contributed by atoms with E-state index < -0.39 is 0 Å². The summed E-state index contributed by atoms with van der Waals surface area (Å²) in [6.45, 7) is 4.30. The number of halogens is 1. The summed E-state index contributed by atoms with van der Waals surface area (Å²) in [6.07, 6.45) is 2.21. The van der Waals surface area contributed by atoms with Crippen molar-refractivity contribution < 1.29 is 9.13 Å². The van der Waals surface area contributed by atoms with Crippen molar-refractivity contribution in [2.45, 2.75) is 32.8 Å². The third-order valence-corrected chi connectivity index (χ3v) is 2.74. The fraction of sp³-hybridized carbons (Fsp3) is 0.500. The van der Waals surface area contributed by atoms with Crippen molar-refractivity contribution in [2.24, 2.45) is 5.92 Å². The van der Waals surface area contributed by atoms with Gasteiger partial charge in [0.05, 0.1) is 0 Å². The summed E-state index contributed by atoms with van der Waals surface area (Å²) in [7, 11) is 0. The van der Waals surface area contributed by atoms with Crippen LogP contribution in [0, 0.1) is 11.7 Å². The Kier molecular flexibility index (Phi) is 2.44. The number of rotatable bonds is 1. The third-order valence-electron chi connectivity index (χ3n) is 2.74. The summed E-state index contributed by atoms with van der Waals surface area (Å²) in [4.78, 5) is 0. The molecule has 0 bridgehead atoms. The minimum absolute atomic E-state index is 0.171. The molecule has 1 aliphatic rings. The van der Waals surface area contributed by atoms with Crippen LogP contribution in [0.4, 0.5) is 4.39 Å². The van der Waals surface area contributed by atoms with Crippen molar-refractivity contribution in [3.63, 3.8) is 0 Å². The summed E-state index contributed by atoms with van der Waals surface area (Å²) < 4.78 is 18.7. The third kappa shape index (κ3) is 1.74. The molecule has 2 heteroatoms. The van der Waals surface area contributed by atoms with Gasteiger partial charge in [-0.25, -0.2) is 4.39 Å². The van der Waals surface area contributed by atoms with Gasteiger partial charge in [-0.1, -0.05) is 13.8 Å². The van der Waals surface area contributed by atoms with E-state index in [0.29, 0.717) is 5.92 Å². The van der Waals surface area contributed by atoms with E-state index in [0.717, 1.165) is 24.2 Å². The van der Waals surface area contributed by atoms with E-state index in [9.17, 15) is 4.39 Å². The van der Waals surface area contributed by atoms with Gasteiger partial charge in [-0.3, -0.25) is 0 Å². The fourth-order valence-electron chi connectivity index (χ4n) is 1.85. The summed E-state index contributed by atoms with van der Waals surface area (Å²) in [6, 6.07) is 4.77. The molecule has 0 N–H and O–H groups in total. The smallest absolute Gasteiger partial charge is 0.123 e. The Morgan fingerprint density at radius 3 is 2.93 bits per heavy atom. The van der Waals surface area contributed by atoms with E-state index >= 15 is 0 Å². The van der Waals surface area contributed by atoms with Gasteiger partial charge in [-0.15, -0.1) is 0 Å². The van der Waals surface area contributed by atoms with E-state index in [-0.39, 0.29) is 11.9 Å². The van der Waals surface area contributed by atoms with Gasteiger partial charge in [0.1, 0.15) is 17.7 Å². The first-order valence-electron chi connectivity index (χ1n) is 5.12. The molecular weight excluding hydrogens is 179 g/mol. The number of fused-ring (bicyclic) bond motifs is 1. The first-order chi connectivity index (χ1) is 6.66. The molecule has 1 aliphatic heterocycles. The molecule has 1 nitrogen and oxygen atoms in total. The summed E-state index contributed by atoms with van der Waals surface area (Å²) in [5, 5.41) is 0. The molecular formula is C12H15FO. The zero-order valence-electron chi connectivity index (χ0n) is 8.59. The van der Waals surface area contributed by atoms with Crippen LogP contribution >= 0.6 is 0 Å². The van der Waals surface area contributed by atoms with Gasteiger partial charge >= 0.3 is 0 Å². The lowest BCUT2D eigenvalue weighted by Gasteiger charge is -2.28. The van der Waals surface area contributed by atoms with Crippen LogP contribution in [0.15, 0.2) is 18.2 Å². The van der Waals surface area contributed by atoms with Crippen LogP contribution in [0.25, 0.3) is 0 Å². The summed E-state index contributed by atoms with van der Waals surface area (Å²) in [5.41, 5.74) is 1.00. The first kappa shape index (κ1) is 9.50. The number of hydrogen-bond acceptors (Lipinski definition) is 1. The Balaban J connectivity index is 2.23. The zero-order chi connectivity index (χ0) is 10.1. The number of ether oxygens (including phenoxy) is 1. The Morgan fingerprint density at radius 1 is 1.43 bits per heavy atom. The quantitative estimate of drug-likeness (QED) is 0.667. The largest absolute Gasteiger partial charge is 0.490 e. The van der Waals surface area contributed by atoms with Gasteiger partial charge in [-0.2, -0.15) is 0 Å². The second-order valence-corrected chi connectivity index (χ2v) is 4.19. The van der Waals surface area contributed by atoms with Crippen LogP contribution in [0.1, 0.15) is 25.8 Å². The fourth-order valence-corrected chi connectivity index (χ4v) is 1.85. The van der Waals surface area contributed by atoms with Crippen molar-refractivity contribution in [3.05, 3.63) is 29.6 Å². The van der Waals surface area contributed by atoms with Crippen LogP contribution in [0.3, 0.4) is 0 Å². The maximum Gasteiger partial charge on any atom is 0.123 e. The van der Waals surface area contributed by atoms with Gasteiger partial charge in [-0.05, 0) is 42.5 Å². The minimum Gasteiger partial charge on any atom is -0.490 e. The molecule has 76 valence electrons. The van der Waals surface area contributed by atoms with Crippen molar-refractivity contribution in [3.8, 4) is 5.75 Å². The van der Waals surface area contributed by atoms with Crippen LogP contribution in [-0.2, 0) is 6.42 Å². The van der Waals surface area contributed by atoms with Crippen LogP contribution in [0.5, 0.6) is 5.75 Å². The van der Waals surface area contributed by atoms with Gasteiger partial charge in [0.2, 0.25) is 0 Å². The topological polar surface area (TPSA) is 9.23 Å². The predicted octanol–water partition coefficient (Wildman–Crippen LogP) is 3.18. The SMILES string of the molecule is CC(C)[C@H]1CCc2cc(F)ccc2O1. The molecule has 2 rings (SSSR count). The molecule has 14 heavy (non-hydrogen) atoms. The second kappa shape index (κ2) is 3.60. The van der Waals surface area contributed by atoms with Crippen molar-refractivity contribution in [1.82, 2.24) is 0 Å². The molecule has 1 atom stereocenters. The molecule has 1 aromatic rings. The highest BCUT2D eigenvalue weighted by atomic mass is 19.1. The zero-order valence-corrected chi connectivity index (χ0v) is 8.59. The monoisotopic (exact) mass is 194 g/mol. The first-order valence-corrected chi connectivity index (χ1v) is 5.12. The predicted molar refractivity (Wildman–Crippen MR) is 54.0 cm³/mol. The molecule has 0 aromatic heterocycles. The molecule has 0 unspecified atom stereocenters. The van der Waals surface area contributed by atoms with E-state index in [2.05, 4.69) is 13.8 Å². The van der Waals surface area contributed by atoms with Gasteiger partial charge in [0, 0.05) is 0 Å². The molecule has 0 fully saturated rings. The van der Waals surface area contributed by atoms with Crippen LogP contribution < -0.4 is 4.74 Å².